The molecule has 1 aliphatic heterocycles. The molecule has 0 aromatic heterocycles. The summed E-state index contributed by atoms with van der Waals surface area (Å²) in [5, 5.41) is 0.649. The number of rotatable bonds is 3. The second kappa shape index (κ2) is 9.54. The van der Waals surface area contributed by atoms with Crippen LogP contribution in [0.2, 0.25) is 10.0 Å². The van der Waals surface area contributed by atoms with Gasteiger partial charge in [0.2, 0.25) is 0 Å². The summed E-state index contributed by atoms with van der Waals surface area (Å²) in [6, 6.07) is 23.6. The van der Waals surface area contributed by atoms with E-state index in [9.17, 15) is 9.59 Å². The molecule has 0 saturated carbocycles. The van der Waals surface area contributed by atoms with Gasteiger partial charge in [0.1, 0.15) is 0 Å². The van der Waals surface area contributed by atoms with Crippen LogP contribution in [0.1, 0.15) is 34.7 Å². The van der Waals surface area contributed by atoms with Crippen LogP contribution in [0.5, 0.6) is 0 Å². The summed E-state index contributed by atoms with van der Waals surface area (Å²) < 4.78 is 0. The zero-order valence-electron chi connectivity index (χ0n) is 16.9. The normalized spacial score (nSPS) is 14.3. The number of likely N-dealkylation sites (tertiary alicyclic amines) is 1. The summed E-state index contributed by atoms with van der Waals surface area (Å²) in [4.78, 5) is 29.8. The molecule has 1 aliphatic rings. The van der Waals surface area contributed by atoms with Crippen LogP contribution in [-0.2, 0) is 0 Å². The van der Waals surface area contributed by atoms with Crippen LogP contribution in [-0.4, -0.2) is 29.9 Å². The molecule has 4 nitrogen and oxygen atoms in total. The van der Waals surface area contributed by atoms with Gasteiger partial charge in [0.05, 0.1) is 16.3 Å². The maximum absolute atomic E-state index is 13.5. The SMILES string of the molecule is O=C(c1ccc(Cl)cc1Cl)N(C(=O)N1CCC(c2ccccc2)CC1)c1ccccc1. The van der Waals surface area contributed by atoms with E-state index in [1.165, 1.54) is 16.5 Å². The van der Waals surface area contributed by atoms with Crippen molar-refractivity contribution in [3.8, 4) is 0 Å². The number of nitrogens with zero attached hydrogens (tertiary/aromatic N) is 2. The largest absolute Gasteiger partial charge is 0.331 e. The number of carbonyl (C=O) groups is 2. The standard InChI is InChI=1S/C25H22Cl2N2O2/c26-20-11-12-22(23(27)17-20)24(30)29(21-9-5-2-6-10-21)25(31)28-15-13-19(14-16-28)18-7-3-1-4-8-18/h1-12,17,19H,13-16H2. The third-order valence-corrected chi connectivity index (χ3v) is 6.15. The van der Waals surface area contributed by atoms with Gasteiger partial charge >= 0.3 is 6.03 Å². The van der Waals surface area contributed by atoms with Gasteiger partial charge in [-0.25, -0.2) is 9.69 Å². The number of hydrogen-bond acceptors (Lipinski definition) is 2. The number of amides is 3. The number of para-hydroxylation sites is 1. The van der Waals surface area contributed by atoms with Crippen molar-refractivity contribution in [3.05, 3.63) is 100 Å². The van der Waals surface area contributed by atoms with Gasteiger partial charge in [-0.15, -0.1) is 0 Å². The van der Waals surface area contributed by atoms with Crippen LogP contribution in [0.15, 0.2) is 78.9 Å². The van der Waals surface area contributed by atoms with Gasteiger partial charge in [-0.3, -0.25) is 4.79 Å². The third-order valence-electron chi connectivity index (χ3n) is 5.61. The van der Waals surface area contributed by atoms with Crippen molar-refractivity contribution in [3.63, 3.8) is 0 Å². The van der Waals surface area contributed by atoms with Crippen LogP contribution in [0, 0.1) is 0 Å². The highest BCUT2D eigenvalue weighted by Gasteiger charge is 2.32. The minimum absolute atomic E-state index is 0.217. The second-order valence-corrected chi connectivity index (χ2v) is 8.40. The Morgan fingerprint density at radius 1 is 0.839 bits per heavy atom. The van der Waals surface area contributed by atoms with E-state index in [0.717, 1.165) is 12.8 Å². The van der Waals surface area contributed by atoms with E-state index < -0.39 is 5.91 Å². The topological polar surface area (TPSA) is 40.6 Å². The van der Waals surface area contributed by atoms with Crippen molar-refractivity contribution in [1.82, 2.24) is 4.90 Å². The van der Waals surface area contributed by atoms with E-state index >= 15 is 0 Å². The maximum atomic E-state index is 13.5. The molecule has 0 aliphatic carbocycles. The first kappa shape index (κ1) is 21.4. The van der Waals surface area contributed by atoms with Gasteiger partial charge in [0, 0.05) is 18.1 Å². The molecular formula is C25H22Cl2N2O2. The summed E-state index contributed by atoms with van der Waals surface area (Å²) in [5.41, 5.74) is 2.04. The van der Waals surface area contributed by atoms with Crippen LogP contribution in [0.4, 0.5) is 10.5 Å². The van der Waals surface area contributed by atoms with E-state index in [4.69, 9.17) is 23.2 Å². The average Bonchev–Trinajstić information content (AvgIpc) is 2.80. The summed E-state index contributed by atoms with van der Waals surface area (Å²) in [5.74, 6) is -0.0557. The molecule has 158 valence electrons. The van der Waals surface area contributed by atoms with Gasteiger partial charge in [-0.05, 0) is 54.7 Å². The Morgan fingerprint density at radius 2 is 1.45 bits per heavy atom. The van der Waals surface area contributed by atoms with Gasteiger partial charge < -0.3 is 4.90 Å². The molecule has 0 unspecified atom stereocenters. The van der Waals surface area contributed by atoms with Crippen molar-refractivity contribution >= 4 is 40.8 Å². The first-order valence-electron chi connectivity index (χ1n) is 10.2. The lowest BCUT2D eigenvalue weighted by Gasteiger charge is -2.35. The Morgan fingerprint density at radius 3 is 2.06 bits per heavy atom. The molecule has 0 radical (unpaired) electrons. The molecule has 1 saturated heterocycles. The maximum Gasteiger partial charge on any atom is 0.331 e. The number of benzene rings is 3. The van der Waals surface area contributed by atoms with Crippen molar-refractivity contribution in [2.24, 2.45) is 0 Å². The highest BCUT2D eigenvalue weighted by molar-refractivity contribution is 6.38. The van der Waals surface area contributed by atoms with E-state index in [1.54, 1.807) is 41.3 Å². The molecule has 31 heavy (non-hydrogen) atoms. The lowest BCUT2D eigenvalue weighted by molar-refractivity contribution is 0.0983. The van der Waals surface area contributed by atoms with Crippen molar-refractivity contribution in [1.29, 1.82) is 0 Å². The Bertz CT molecular complexity index is 1070. The zero-order valence-corrected chi connectivity index (χ0v) is 18.4. The third kappa shape index (κ3) is 4.76. The summed E-state index contributed by atoms with van der Waals surface area (Å²) in [6.07, 6.45) is 1.71. The van der Waals surface area contributed by atoms with Crippen molar-refractivity contribution in [2.45, 2.75) is 18.8 Å². The fourth-order valence-electron chi connectivity index (χ4n) is 3.95. The molecule has 3 amide bonds. The number of imide groups is 1. The fraction of sp³-hybridized carbons (Fsp3) is 0.200. The fourth-order valence-corrected chi connectivity index (χ4v) is 4.44. The molecule has 6 heteroatoms. The molecule has 1 fully saturated rings. The number of anilines is 1. The summed E-state index contributed by atoms with van der Waals surface area (Å²) >= 11 is 12.3. The highest BCUT2D eigenvalue weighted by atomic mass is 35.5. The van der Waals surface area contributed by atoms with Crippen LogP contribution in [0.3, 0.4) is 0 Å². The number of hydrogen-bond donors (Lipinski definition) is 0. The molecular weight excluding hydrogens is 431 g/mol. The van der Waals surface area contributed by atoms with Gasteiger partial charge in [0.15, 0.2) is 0 Å². The zero-order chi connectivity index (χ0) is 21.8. The molecule has 4 rings (SSSR count). The quantitative estimate of drug-likeness (QED) is 0.446. The minimum atomic E-state index is -0.469. The first-order valence-corrected chi connectivity index (χ1v) is 11.0. The lowest BCUT2D eigenvalue weighted by atomic mass is 9.89. The van der Waals surface area contributed by atoms with Gasteiger partial charge in [0.25, 0.3) is 5.91 Å². The smallest absolute Gasteiger partial charge is 0.324 e. The highest BCUT2D eigenvalue weighted by Crippen LogP contribution is 2.30. The number of piperidine rings is 1. The Labute approximate surface area is 192 Å². The van der Waals surface area contributed by atoms with Crippen molar-refractivity contribution < 1.29 is 9.59 Å². The van der Waals surface area contributed by atoms with Gasteiger partial charge in [-0.2, -0.15) is 0 Å². The number of urea groups is 1. The predicted octanol–water partition coefficient (Wildman–Crippen LogP) is 6.64. The molecule has 3 aromatic carbocycles. The molecule has 0 atom stereocenters. The van der Waals surface area contributed by atoms with Crippen LogP contribution in [0.25, 0.3) is 0 Å². The molecule has 1 heterocycles. The van der Waals surface area contributed by atoms with Crippen LogP contribution >= 0.6 is 23.2 Å². The number of carbonyl (C=O) groups excluding carboxylic acids is 2. The average molecular weight is 453 g/mol. The van der Waals surface area contributed by atoms with Crippen molar-refractivity contribution in [2.75, 3.05) is 18.0 Å². The van der Waals surface area contributed by atoms with E-state index in [2.05, 4.69) is 12.1 Å². The molecule has 0 spiro atoms. The predicted molar refractivity (Wildman–Crippen MR) is 125 cm³/mol. The Balaban J connectivity index is 1.57. The van der Waals surface area contributed by atoms with E-state index in [0.29, 0.717) is 29.7 Å². The van der Waals surface area contributed by atoms with E-state index in [1.807, 2.05) is 24.3 Å². The van der Waals surface area contributed by atoms with Gasteiger partial charge in [-0.1, -0.05) is 71.7 Å². The Kier molecular flexibility index (Phi) is 6.59. The summed E-state index contributed by atoms with van der Waals surface area (Å²) in [6.45, 7) is 1.17. The number of halogens is 2. The monoisotopic (exact) mass is 452 g/mol. The minimum Gasteiger partial charge on any atom is -0.324 e. The second-order valence-electron chi connectivity index (χ2n) is 7.55. The lowest BCUT2D eigenvalue weighted by Crippen LogP contribution is -2.49. The molecule has 0 N–H and O–H groups in total. The molecule has 0 bridgehead atoms. The molecule has 3 aromatic rings. The first-order chi connectivity index (χ1) is 15.0. The van der Waals surface area contributed by atoms with E-state index in [-0.39, 0.29) is 16.6 Å². The Hall–Kier alpha value is -2.82. The summed E-state index contributed by atoms with van der Waals surface area (Å²) in [7, 11) is 0. The van der Waals surface area contributed by atoms with Crippen LogP contribution < -0.4 is 4.90 Å².